The fourth-order valence-corrected chi connectivity index (χ4v) is 3.81. The molecule has 0 radical (unpaired) electrons. The van der Waals surface area contributed by atoms with Crippen molar-refractivity contribution in [2.75, 3.05) is 23.4 Å². The number of benzene rings is 2. The van der Waals surface area contributed by atoms with Crippen LogP contribution in [0.2, 0.25) is 0 Å². The molecule has 0 atom stereocenters. The largest absolute Gasteiger partial charge is 0.482 e. The fourth-order valence-electron chi connectivity index (χ4n) is 3.47. The molecule has 0 saturated carbocycles. The van der Waals surface area contributed by atoms with Crippen molar-refractivity contribution in [3.8, 4) is 22.7 Å². The van der Waals surface area contributed by atoms with Crippen LogP contribution in [0.4, 0.5) is 11.5 Å². The maximum absolute atomic E-state index is 13.0. The summed E-state index contributed by atoms with van der Waals surface area (Å²) >= 11 is 3.39. The van der Waals surface area contributed by atoms with Gasteiger partial charge >= 0.3 is 0 Å². The van der Waals surface area contributed by atoms with Crippen LogP contribution in [0, 0.1) is 0 Å². The molecule has 0 saturated heterocycles. The van der Waals surface area contributed by atoms with Gasteiger partial charge in [0.05, 0.1) is 29.6 Å². The summed E-state index contributed by atoms with van der Waals surface area (Å²) in [5.41, 5.74) is 2.78. The fraction of sp³-hybridized carbons (Fsp3) is 0.0870. The molecule has 2 aromatic heterocycles. The number of halogens is 1. The Labute approximate surface area is 191 Å². The Balaban J connectivity index is 1.43. The average molecular weight is 493 g/mol. The van der Waals surface area contributed by atoms with Crippen LogP contribution in [0.15, 0.2) is 82.1 Å². The highest BCUT2D eigenvalue weighted by Crippen LogP contribution is 2.34. The van der Waals surface area contributed by atoms with Gasteiger partial charge in [-0.2, -0.15) is 5.10 Å². The highest BCUT2D eigenvalue weighted by Gasteiger charge is 2.28. The molecule has 5 rings (SSSR count). The van der Waals surface area contributed by atoms with Crippen LogP contribution >= 0.6 is 15.9 Å². The number of carbonyl (C=O) groups excluding carboxylic acids is 2. The first kappa shape index (κ1) is 20.1. The Kier molecular flexibility index (Phi) is 5.24. The summed E-state index contributed by atoms with van der Waals surface area (Å²) in [5.74, 6) is 0.382. The maximum atomic E-state index is 13.0. The van der Waals surface area contributed by atoms with Crippen LogP contribution in [0.1, 0.15) is 0 Å². The number of aromatic nitrogens is 2. The third-order valence-corrected chi connectivity index (χ3v) is 5.45. The number of nitrogens with one attached hydrogen (secondary N) is 1. The molecular weight excluding hydrogens is 476 g/mol. The van der Waals surface area contributed by atoms with Crippen molar-refractivity contribution in [2.24, 2.45) is 0 Å². The predicted octanol–water partition coefficient (Wildman–Crippen LogP) is 4.26. The zero-order valence-corrected chi connectivity index (χ0v) is 18.3. The van der Waals surface area contributed by atoms with Gasteiger partial charge in [-0.15, -0.1) is 0 Å². The zero-order chi connectivity index (χ0) is 22.1. The highest BCUT2D eigenvalue weighted by molar-refractivity contribution is 9.10. The first-order chi connectivity index (χ1) is 15.6. The third kappa shape index (κ3) is 3.90. The van der Waals surface area contributed by atoms with Gasteiger partial charge in [-0.1, -0.05) is 34.1 Å². The van der Waals surface area contributed by atoms with E-state index in [1.54, 1.807) is 47.5 Å². The van der Waals surface area contributed by atoms with Crippen molar-refractivity contribution in [3.05, 3.63) is 77.7 Å². The molecule has 1 N–H and O–H groups in total. The minimum Gasteiger partial charge on any atom is -0.482 e. The first-order valence-corrected chi connectivity index (χ1v) is 10.6. The molecule has 0 aliphatic carbocycles. The van der Waals surface area contributed by atoms with Crippen molar-refractivity contribution in [1.82, 2.24) is 9.78 Å². The molecule has 8 nitrogen and oxygen atoms in total. The van der Waals surface area contributed by atoms with Gasteiger partial charge in [0.15, 0.2) is 6.61 Å². The lowest BCUT2D eigenvalue weighted by Gasteiger charge is -2.29. The van der Waals surface area contributed by atoms with Gasteiger partial charge in [0.1, 0.15) is 18.1 Å². The second kappa shape index (κ2) is 8.35. The lowest BCUT2D eigenvalue weighted by molar-refractivity contribution is -0.123. The monoisotopic (exact) mass is 492 g/mol. The lowest BCUT2D eigenvalue weighted by atomic mass is 10.2. The Bertz CT molecular complexity index is 1280. The molecule has 3 heterocycles. The number of fused-ring (bicyclic) bond motifs is 1. The summed E-state index contributed by atoms with van der Waals surface area (Å²) in [6.45, 7) is -0.277. The van der Waals surface area contributed by atoms with E-state index in [1.165, 1.54) is 4.90 Å². The normalized spacial score (nSPS) is 12.9. The second-order valence-electron chi connectivity index (χ2n) is 7.10. The third-order valence-electron chi connectivity index (χ3n) is 4.96. The smallest absolute Gasteiger partial charge is 0.265 e. The van der Waals surface area contributed by atoms with E-state index in [-0.39, 0.29) is 25.0 Å². The first-order valence-electron chi connectivity index (χ1n) is 9.79. The van der Waals surface area contributed by atoms with E-state index in [0.29, 0.717) is 22.9 Å². The maximum Gasteiger partial charge on any atom is 0.265 e. The quantitative estimate of drug-likeness (QED) is 0.449. The van der Waals surface area contributed by atoms with Gasteiger partial charge in [-0.25, -0.2) is 4.68 Å². The highest BCUT2D eigenvalue weighted by atomic mass is 79.9. The Morgan fingerprint density at radius 1 is 1.12 bits per heavy atom. The Morgan fingerprint density at radius 2 is 1.97 bits per heavy atom. The van der Waals surface area contributed by atoms with Crippen molar-refractivity contribution in [1.29, 1.82) is 0 Å². The van der Waals surface area contributed by atoms with E-state index in [1.807, 2.05) is 30.3 Å². The zero-order valence-electron chi connectivity index (χ0n) is 16.7. The second-order valence-corrected chi connectivity index (χ2v) is 8.02. The molecule has 4 aromatic rings. The number of carbonyl (C=O) groups is 2. The van der Waals surface area contributed by atoms with E-state index >= 15 is 0 Å². The molecule has 0 bridgehead atoms. The van der Waals surface area contributed by atoms with Crippen LogP contribution in [0.25, 0.3) is 16.9 Å². The van der Waals surface area contributed by atoms with E-state index in [0.717, 1.165) is 15.7 Å². The number of rotatable bonds is 5. The molecule has 1 aliphatic rings. The van der Waals surface area contributed by atoms with Gasteiger partial charge in [0.25, 0.3) is 5.91 Å². The molecule has 0 spiro atoms. The average Bonchev–Trinajstić information content (AvgIpc) is 3.46. The van der Waals surface area contributed by atoms with Crippen molar-refractivity contribution in [2.45, 2.75) is 0 Å². The Hall–Kier alpha value is -3.85. The molecule has 2 amide bonds. The standard InChI is InChI=1S/C23H17BrN4O4/c24-16-6-7-19-20(10-16)32-14-23(30)27(19)12-22(29)25-21-11-18(15-8-9-31-13-15)26-28(21)17-4-2-1-3-5-17/h1-11,13H,12,14H2,(H,25,29). The minimum atomic E-state index is -0.357. The van der Waals surface area contributed by atoms with Gasteiger partial charge in [0, 0.05) is 16.1 Å². The van der Waals surface area contributed by atoms with E-state index in [4.69, 9.17) is 9.15 Å². The van der Waals surface area contributed by atoms with Gasteiger partial charge < -0.3 is 14.5 Å². The molecule has 0 unspecified atom stereocenters. The van der Waals surface area contributed by atoms with E-state index in [9.17, 15) is 9.59 Å². The molecule has 2 aromatic carbocycles. The van der Waals surface area contributed by atoms with Crippen LogP contribution < -0.4 is 15.0 Å². The molecule has 9 heteroatoms. The molecule has 1 aliphatic heterocycles. The number of hydrogen-bond acceptors (Lipinski definition) is 5. The summed E-state index contributed by atoms with van der Waals surface area (Å²) in [6.07, 6.45) is 3.15. The van der Waals surface area contributed by atoms with Crippen LogP contribution in [0.3, 0.4) is 0 Å². The van der Waals surface area contributed by atoms with Crippen LogP contribution in [0.5, 0.6) is 5.75 Å². The molecule has 0 fully saturated rings. The SMILES string of the molecule is O=C(CN1C(=O)COc2cc(Br)ccc21)Nc1cc(-c2ccoc2)nn1-c1ccccc1. The van der Waals surface area contributed by atoms with Gasteiger partial charge in [-0.3, -0.25) is 14.5 Å². The van der Waals surface area contributed by atoms with Crippen molar-refractivity contribution < 1.29 is 18.7 Å². The summed E-state index contributed by atoms with van der Waals surface area (Å²) in [6, 6.07) is 18.3. The van der Waals surface area contributed by atoms with Crippen molar-refractivity contribution >= 4 is 39.2 Å². The van der Waals surface area contributed by atoms with E-state index in [2.05, 4.69) is 26.3 Å². The van der Waals surface area contributed by atoms with Gasteiger partial charge in [0.2, 0.25) is 5.91 Å². The number of para-hydroxylation sites is 1. The molecule has 160 valence electrons. The van der Waals surface area contributed by atoms with Crippen LogP contribution in [-0.2, 0) is 9.59 Å². The Morgan fingerprint density at radius 3 is 2.75 bits per heavy atom. The number of nitrogens with zero attached hydrogens (tertiary/aromatic N) is 3. The van der Waals surface area contributed by atoms with Crippen LogP contribution in [-0.4, -0.2) is 34.7 Å². The number of hydrogen-bond donors (Lipinski definition) is 1. The molecular formula is C23H17BrN4O4. The number of furan rings is 1. The summed E-state index contributed by atoms with van der Waals surface area (Å²) in [7, 11) is 0. The molecule has 32 heavy (non-hydrogen) atoms. The van der Waals surface area contributed by atoms with E-state index < -0.39 is 0 Å². The lowest BCUT2D eigenvalue weighted by Crippen LogP contribution is -2.43. The predicted molar refractivity (Wildman–Crippen MR) is 122 cm³/mol. The topological polar surface area (TPSA) is 89.6 Å². The summed E-state index contributed by atoms with van der Waals surface area (Å²) < 4.78 is 13.1. The summed E-state index contributed by atoms with van der Waals surface area (Å²) in [4.78, 5) is 26.8. The summed E-state index contributed by atoms with van der Waals surface area (Å²) in [5, 5.41) is 7.51. The minimum absolute atomic E-state index is 0.122. The number of amides is 2. The number of anilines is 2. The van der Waals surface area contributed by atoms with Crippen molar-refractivity contribution in [3.63, 3.8) is 0 Å². The van der Waals surface area contributed by atoms with Gasteiger partial charge in [-0.05, 0) is 36.4 Å². The number of ether oxygens (including phenoxy) is 1.